The van der Waals surface area contributed by atoms with Crippen LogP contribution in [0.4, 0.5) is 0 Å². The van der Waals surface area contributed by atoms with Crippen LogP contribution in [0.3, 0.4) is 0 Å². The molecular weight excluding hydrogens is 592 g/mol. The summed E-state index contributed by atoms with van der Waals surface area (Å²) in [5.74, 6) is 0.127. The number of carbonyl (C=O) groups excluding carboxylic acids is 1. The van der Waals surface area contributed by atoms with E-state index in [2.05, 4.69) is 19.1 Å². The minimum absolute atomic E-state index is 0.0192. The number of benzene rings is 1. The highest BCUT2D eigenvalue weighted by atomic mass is 16.6. The molecule has 0 radical (unpaired) electrons. The van der Waals surface area contributed by atoms with E-state index in [1.54, 1.807) is 6.92 Å². The van der Waals surface area contributed by atoms with Gasteiger partial charge in [-0.15, -0.1) is 0 Å². The topological polar surface area (TPSA) is 144 Å². The first-order chi connectivity index (χ1) is 22.0. The van der Waals surface area contributed by atoms with E-state index in [4.69, 9.17) is 23.7 Å². The second-order valence-corrected chi connectivity index (χ2v) is 14.6. The molecule has 1 aromatic rings. The largest absolute Gasteiger partial charge is 0.396 e. The highest BCUT2D eigenvalue weighted by molar-refractivity contribution is 5.83. The molecule has 4 aliphatic heterocycles. The fraction of sp³-hybridized carbons (Fsp3) is 0.806. The number of carbonyl (C=O) groups is 1. The number of hydrogen-bond acceptors (Lipinski definition) is 10. The molecule has 5 rings (SSSR count). The summed E-state index contributed by atoms with van der Waals surface area (Å²) in [6, 6.07) is 10.1. The number of aliphatic hydroxyl groups is 4. The first-order valence-corrected chi connectivity index (χ1v) is 17.5. The molecule has 46 heavy (non-hydrogen) atoms. The van der Waals surface area contributed by atoms with Crippen LogP contribution < -0.4 is 0 Å². The van der Waals surface area contributed by atoms with Gasteiger partial charge in [0, 0.05) is 32.5 Å². The van der Waals surface area contributed by atoms with Crippen molar-refractivity contribution in [3.05, 3.63) is 35.9 Å². The van der Waals surface area contributed by atoms with E-state index in [0.717, 1.165) is 18.4 Å². The molecule has 4 N–H and O–H groups in total. The lowest BCUT2D eigenvalue weighted by molar-refractivity contribution is -0.228. The zero-order chi connectivity index (χ0) is 32.9. The summed E-state index contributed by atoms with van der Waals surface area (Å²) in [4.78, 5) is 13.3. The number of fused-ring (bicyclic) bond motifs is 2. The van der Waals surface area contributed by atoms with Crippen molar-refractivity contribution in [1.82, 2.24) is 0 Å². The molecular formula is C36H56O10. The third-order valence-electron chi connectivity index (χ3n) is 10.8. The van der Waals surface area contributed by atoms with Crippen LogP contribution in [-0.4, -0.2) is 106 Å². The lowest BCUT2D eigenvalue weighted by atomic mass is 9.80. The molecule has 0 saturated carbocycles. The maximum absolute atomic E-state index is 13.3. The quantitative estimate of drug-likeness (QED) is 0.263. The molecule has 4 aliphatic rings. The lowest BCUT2D eigenvalue weighted by Crippen LogP contribution is -2.54. The Morgan fingerprint density at radius 1 is 0.978 bits per heavy atom. The van der Waals surface area contributed by atoms with Crippen LogP contribution in [0.2, 0.25) is 0 Å². The van der Waals surface area contributed by atoms with Crippen molar-refractivity contribution in [3.8, 4) is 0 Å². The average molecular weight is 649 g/mol. The SMILES string of the molecule is C[C@H]1C[C@@H]2O[C@H](C[C@@H]3O[C@@H]4CC[C@](C)(O)[C@@H](CCCO)O[C@H]4CCC3=O)[C@@H](O)[C@@H](O)C[C@@]2(C)O[C@H]1CCCOCc1ccccc1. The lowest BCUT2D eigenvalue weighted by Gasteiger charge is -2.47. The number of rotatable bonds is 11. The maximum atomic E-state index is 13.3. The molecule has 0 spiro atoms. The summed E-state index contributed by atoms with van der Waals surface area (Å²) in [5, 5.41) is 42.8. The first-order valence-electron chi connectivity index (χ1n) is 17.5. The standard InChI is InChI=1S/C36H56O10/c1-23-19-33-36(3,46-27(23)11-8-18-42-22-24-9-5-4-6-10-24)21-26(39)34(40)31(45-33)20-30-25(38)13-14-28-29(43-30)15-16-35(2,41)32(44-28)12-7-17-37/h4-6,9-10,23,26-34,37,39-41H,7-8,11-22H2,1-3H3/t23-,26-,27-,28-,29+,30-,31+,32+,33-,34-,35-,36+/m0/s1. The molecule has 12 atom stereocenters. The van der Waals surface area contributed by atoms with Crippen molar-refractivity contribution >= 4 is 5.78 Å². The Morgan fingerprint density at radius 3 is 2.50 bits per heavy atom. The summed E-state index contributed by atoms with van der Waals surface area (Å²) < 4.78 is 31.9. The van der Waals surface area contributed by atoms with E-state index in [1.807, 2.05) is 25.1 Å². The predicted octanol–water partition coefficient (Wildman–Crippen LogP) is 3.62. The highest BCUT2D eigenvalue weighted by Gasteiger charge is 2.52. The normalized spacial score (nSPS) is 41.9. The van der Waals surface area contributed by atoms with Crippen LogP contribution in [0.5, 0.6) is 0 Å². The molecule has 0 aliphatic carbocycles. The molecule has 0 amide bonds. The van der Waals surface area contributed by atoms with E-state index in [-0.39, 0.29) is 55.9 Å². The number of aliphatic hydroxyl groups excluding tert-OH is 3. The molecule has 0 bridgehead atoms. The Morgan fingerprint density at radius 2 is 1.74 bits per heavy atom. The van der Waals surface area contributed by atoms with Gasteiger partial charge in [-0.2, -0.15) is 0 Å². The van der Waals surface area contributed by atoms with Crippen molar-refractivity contribution in [1.29, 1.82) is 0 Å². The van der Waals surface area contributed by atoms with Gasteiger partial charge in [-0.05, 0) is 76.7 Å². The second-order valence-electron chi connectivity index (χ2n) is 14.6. The maximum Gasteiger partial charge on any atom is 0.161 e. The second kappa shape index (κ2) is 15.8. The van der Waals surface area contributed by atoms with Crippen LogP contribution in [0.1, 0.15) is 97.0 Å². The minimum Gasteiger partial charge on any atom is -0.396 e. The van der Waals surface area contributed by atoms with Gasteiger partial charge in [0.2, 0.25) is 0 Å². The van der Waals surface area contributed by atoms with Crippen molar-refractivity contribution in [2.75, 3.05) is 13.2 Å². The monoisotopic (exact) mass is 648 g/mol. The summed E-state index contributed by atoms with van der Waals surface area (Å²) >= 11 is 0. The predicted molar refractivity (Wildman–Crippen MR) is 170 cm³/mol. The van der Waals surface area contributed by atoms with Gasteiger partial charge in [-0.3, -0.25) is 4.79 Å². The summed E-state index contributed by atoms with van der Waals surface area (Å²) in [5.41, 5.74) is -0.711. The average Bonchev–Trinajstić information content (AvgIpc) is 3.29. The van der Waals surface area contributed by atoms with Crippen LogP contribution >= 0.6 is 0 Å². The van der Waals surface area contributed by atoms with Gasteiger partial charge in [0.1, 0.15) is 12.2 Å². The van der Waals surface area contributed by atoms with E-state index in [0.29, 0.717) is 51.7 Å². The Kier molecular flexibility index (Phi) is 12.3. The van der Waals surface area contributed by atoms with E-state index >= 15 is 0 Å². The van der Waals surface area contributed by atoms with E-state index < -0.39 is 47.8 Å². The molecule has 4 fully saturated rings. The molecule has 10 nitrogen and oxygen atoms in total. The molecule has 0 unspecified atom stereocenters. The Bertz CT molecular complexity index is 1100. The molecule has 4 heterocycles. The summed E-state index contributed by atoms with van der Waals surface area (Å²) in [6.07, 6.45) is -0.0148. The van der Waals surface area contributed by atoms with Gasteiger partial charge in [0.25, 0.3) is 0 Å². The number of ether oxygens (including phenoxy) is 5. The van der Waals surface area contributed by atoms with Gasteiger partial charge in [0.05, 0.1) is 60.5 Å². The van der Waals surface area contributed by atoms with Crippen LogP contribution in [-0.2, 0) is 35.1 Å². The fourth-order valence-electron chi connectivity index (χ4n) is 7.84. The van der Waals surface area contributed by atoms with Crippen molar-refractivity contribution < 1.29 is 48.9 Å². The molecule has 0 aromatic heterocycles. The summed E-state index contributed by atoms with van der Waals surface area (Å²) in [6.45, 7) is 7.10. The number of ketones is 1. The third kappa shape index (κ3) is 8.76. The first kappa shape index (κ1) is 35.8. The highest BCUT2D eigenvalue weighted by Crippen LogP contribution is 2.43. The van der Waals surface area contributed by atoms with Gasteiger partial charge in [-0.1, -0.05) is 37.3 Å². The summed E-state index contributed by atoms with van der Waals surface area (Å²) in [7, 11) is 0. The van der Waals surface area contributed by atoms with Gasteiger partial charge >= 0.3 is 0 Å². The minimum atomic E-state index is -1.20. The molecule has 1 aromatic carbocycles. The van der Waals surface area contributed by atoms with Crippen molar-refractivity contribution in [2.45, 2.75) is 164 Å². The molecule has 260 valence electrons. The molecule has 4 saturated heterocycles. The third-order valence-corrected chi connectivity index (χ3v) is 10.8. The molecule has 10 heteroatoms. The van der Waals surface area contributed by atoms with Crippen molar-refractivity contribution in [2.24, 2.45) is 5.92 Å². The Hall–Kier alpha value is -1.47. The fourth-order valence-corrected chi connectivity index (χ4v) is 7.84. The van der Waals surface area contributed by atoms with Crippen LogP contribution in [0.15, 0.2) is 30.3 Å². The van der Waals surface area contributed by atoms with Crippen molar-refractivity contribution in [3.63, 3.8) is 0 Å². The Labute approximate surface area is 273 Å². The van der Waals surface area contributed by atoms with Gasteiger partial charge in [0.15, 0.2) is 5.78 Å². The Balaban J connectivity index is 1.18. The van der Waals surface area contributed by atoms with Crippen LogP contribution in [0, 0.1) is 5.92 Å². The van der Waals surface area contributed by atoms with E-state index in [1.165, 1.54) is 0 Å². The number of hydrogen-bond donors (Lipinski definition) is 4. The van der Waals surface area contributed by atoms with Gasteiger partial charge in [-0.25, -0.2) is 0 Å². The number of Topliss-reactive ketones (excluding diaryl/α,β-unsaturated/α-hetero) is 1. The smallest absolute Gasteiger partial charge is 0.161 e. The van der Waals surface area contributed by atoms with Crippen LogP contribution in [0.25, 0.3) is 0 Å². The zero-order valence-electron chi connectivity index (χ0n) is 27.8. The zero-order valence-corrected chi connectivity index (χ0v) is 27.8. The van der Waals surface area contributed by atoms with E-state index in [9.17, 15) is 25.2 Å². The van der Waals surface area contributed by atoms with Gasteiger partial charge < -0.3 is 44.1 Å².